The maximum Gasteiger partial charge on any atom is 0.361 e. The lowest BCUT2D eigenvalue weighted by Crippen LogP contribution is -2.40. The predicted octanol–water partition coefficient (Wildman–Crippen LogP) is 16.5. The monoisotopic (exact) mass is 971 g/mol. The maximum atomic E-state index is 12.9. The van der Waals surface area contributed by atoms with Gasteiger partial charge in [0.05, 0.1) is 34.4 Å². The summed E-state index contributed by atoms with van der Waals surface area (Å²) < 4.78 is 22.9. The van der Waals surface area contributed by atoms with E-state index >= 15 is 0 Å². The summed E-state index contributed by atoms with van der Waals surface area (Å²) in [5, 5.41) is 9.70. The summed E-state index contributed by atoms with van der Waals surface area (Å²) in [6.45, 7) is 4.78. The molecule has 9 heteroatoms. The highest BCUT2D eigenvalue weighted by Crippen LogP contribution is 2.16. The van der Waals surface area contributed by atoms with Crippen LogP contribution in [0.1, 0.15) is 245 Å². The van der Waals surface area contributed by atoms with Gasteiger partial charge < -0.3 is 28.5 Å². The van der Waals surface area contributed by atoms with Crippen molar-refractivity contribution in [2.75, 3.05) is 47.5 Å². The maximum absolute atomic E-state index is 12.9. The molecule has 0 spiro atoms. The van der Waals surface area contributed by atoms with Crippen LogP contribution >= 0.6 is 0 Å². The van der Waals surface area contributed by atoms with Gasteiger partial charge in [-0.2, -0.15) is 0 Å². The molecule has 9 nitrogen and oxygen atoms in total. The number of nitrogens with zero attached hydrogens (tertiary/aromatic N) is 1. The summed E-state index contributed by atoms with van der Waals surface area (Å²) >= 11 is 0. The van der Waals surface area contributed by atoms with Crippen molar-refractivity contribution in [3.05, 3.63) is 60.8 Å². The van der Waals surface area contributed by atoms with Crippen LogP contribution in [0.15, 0.2) is 60.8 Å². The first-order valence-electron chi connectivity index (χ1n) is 28.5. The first-order chi connectivity index (χ1) is 33.6. The first kappa shape index (κ1) is 66.0. The van der Waals surface area contributed by atoms with Crippen molar-refractivity contribution in [1.29, 1.82) is 0 Å². The summed E-state index contributed by atoms with van der Waals surface area (Å²) in [6.07, 6.45) is 61.4. The lowest BCUT2D eigenvalue weighted by Gasteiger charge is -2.25. The Bertz CT molecular complexity index is 1310. The van der Waals surface area contributed by atoms with Crippen LogP contribution in [0.4, 0.5) is 0 Å². The standard InChI is InChI=1S/C60H107NO8/c1-6-8-10-12-14-16-18-20-22-24-26-28-29-31-33-35-37-39-41-43-45-47-49-51-58(63)69-56(55-68-60(59(64)65)66-53-52-61(3,4)5)54-67-57(62)50-48-46-44-42-40-38-36-34-32-30-27-25-23-21-19-17-15-13-11-9-7-2/h8,10,14,16,20,22,25-28,56,60H,6-7,9,11-13,15,17-19,21,23-24,29-55H2,1-5H3/p+1/b10-8-,16-14-,22-20-,27-25-,28-26-. The molecular formula is C60H108NO8+. The van der Waals surface area contributed by atoms with Crippen molar-refractivity contribution >= 4 is 17.9 Å². The third kappa shape index (κ3) is 52.6. The summed E-state index contributed by atoms with van der Waals surface area (Å²) in [5.74, 6) is -2.01. The third-order valence-corrected chi connectivity index (χ3v) is 12.3. The van der Waals surface area contributed by atoms with E-state index in [1.165, 1.54) is 141 Å². The molecule has 2 unspecified atom stereocenters. The number of quaternary nitrogens is 1. The smallest absolute Gasteiger partial charge is 0.361 e. The Labute approximate surface area is 425 Å². The number of rotatable bonds is 52. The summed E-state index contributed by atoms with van der Waals surface area (Å²) in [6, 6.07) is 0. The summed E-state index contributed by atoms with van der Waals surface area (Å²) in [7, 11) is 5.97. The van der Waals surface area contributed by atoms with Crippen LogP contribution in [0.5, 0.6) is 0 Å². The van der Waals surface area contributed by atoms with Crippen molar-refractivity contribution < 1.29 is 42.9 Å². The first-order valence-corrected chi connectivity index (χ1v) is 28.5. The van der Waals surface area contributed by atoms with Gasteiger partial charge in [-0.1, -0.05) is 216 Å². The quantitative estimate of drug-likeness (QED) is 0.0211. The molecule has 0 radical (unpaired) electrons. The van der Waals surface area contributed by atoms with Gasteiger partial charge in [-0.05, 0) is 77.0 Å². The van der Waals surface area contributed by atoms with Gasteiger partial charge in [0.25, 0.3) is 6.29 Å². The minimum absolute atomic E-state index is 0.185. The highest BCUT2D eigenvalue weighted by atomic mass is 16.7. The lowest BCUT2D eigenvalue weighted by atomic mass is 10.0. The Kier molecular flexibility index (Phi) is 49.1. The van der Waals surface area contributed by atoms with Gasteiger partial charge in [0.2, 0.25) is 0 Å². The molecule has 0 aliphatic rings. The topological polar surface area (TPSA) is 108 Å². The number of hydrogen-bond donors (Lipinski definition) is 1. The molecule has 0 aromatic rings. The number of carbonyl (C=O) groups excluding carboxylic acids is 2. The van der Waals surface area contributed by atoms with Gasteiger partial charge in [-0.3, -0.25) is 9.59 Å². The molecule has 0 saturated heterocycles. The Morgan fingerprint density at radius 3 is 1.25 bits per heavy atom. The number of ether oxygens (including phenoxy) is 4. The number of esters is 2. The molecule has 0 heterocycles. The van der Waals surface area contributed by atoms with Crippen molar-refractivity contribution in [1.82, 2.24) is 0 Å². The minimum Gasteiger partial charge on any atom is -0.477 e. The largest absolute Gasteiger partial charge is 0.477 e. The van der Waals surface area contributed by atoms with E-state index in [1.54, 1.807) is 0 Å². The molecule has 0 saturated carbocycles. The zero-order valence-corrected chi connectivity index (χ0v) is 45.5. The molecular weight excluding hydrogens is 863 g/mol. The zero-order chi connectivity index (χ0) is 50.6. The van der Waals surface area contributed by atoms with E-state index in [0.29, 0.717) is 23.9 Å². The average Bonchev–Trinajstić information content (AvgIpc) is 3.31. The molecule has 400 valence electrons. The van der Waals surface area contributed by atoms with Crippen LogP contribution in [-0.4, -0.2) is 87.4 Å². The molecule has 0 amide bonds. The molecule has 0 aromatic heterocycles. The van der Waals surface area contributed by atoms with Gasteiger partial charge >= 0.3 is 17.9 Å². The Balaban J connectivity index is 4.27. The number of aliphatic carboxylic acids is 1. The molecule has 0 aliphatic carbocycles. The SMILES string of the molecule is CC/C=C\C/C=C\C/C=C\C/C=C\CCCCCCCCCCCCC(=O)OC(COC(=O)CCCCCCCCCCC/C=C\CCCCCCCCCC)COC(OCC[N+](C)(C)C)C(=O)O. The lowest BCUT2D eigenvalue weighted by molar-refractivity contribution is -0.870. The fourth-order valence-electron chi connectivity index (χ4n) is 7.88. The molecule has 0 fully saturated rings. The van der Waals surface area contributed by atoms with E-state index in [1.807, 2.05) is 21.1 Å². The third-order valence-electron chi connectivity index (χ3n) is 12.3. The van der Waals surface area contributed by atoms with E-state index in [9.17, 15) is 19.5 Å². The van der Waals surface area contributed by atoms with E-state index in [-0.39, 0.29) is 32.2 Å². The van der Waals surface area contributed by atoms with Crippen molar-refractivity contribution in [2.45, 2.75) is 257 Å². The van der Waals surface area contributed by atoms with Gasteiger partial charge in [0.1, 0.15) is 13.2 Å². The van der Waals surface area contributed by atoms with Crippen molar-refractivity contribution in [3.63, 3.8) is 0 Å². The van der Waals surface area contributed by atoms with Gasteiger partial charge in [-0.15, -0.1) is 0 Å². The highest BCUT2D eigenvalue weighted by Gasteiger charge is 2.25. The van der Waals surface area contributed by atoms with Crippen molar-refractivity contribution in [3.8, 4) is 0 Å². The number of allylic oxidation sites excluding steroid dienone is 10. The predicted molar refractivity (Wildman–Crippen MR) is 290 cm³/mol. The number of carboxylic acids is 1. The van der Waals surface area contributed by atoms with Crippen LogP contribution in [0.2, 0.25) is 0 Å². The number of carbonyl (C=O) groups is 3. The van der Waals surface area contributed by atoms with E-state index < -0.39 is 24.3 Å². The fraction of sp³-hybridized carbons (Fsp3) is 0.783. The minimum atomic E-state index is -1.51. The fourth-order valence-corrected chi connectivity index (χ4v) is 7.88. The van der Waals surface area contributed by atoms with E-state index in [4.69, 9.17) is 18.9 Å². The molecule has 1 N–H and O–H groups in total. The Morgan fingerprint density at radius 2 is 0.826 bits per heavy atom. The number of likely N-dealkylation sites (N-methyl/N-ethyl adjacent to an activating group) is 1. The van der Waals surface area contributed by atoms with Crippen LogP contribution < -0.4 is 0 Å². The molecule has 0 rings (SSSR count). The zero-order valence-electron chi connectivity index (χ0n) is 45.5. The van der Waals surface area contributed by atoms with Crippen LogP contribution in [0.3, 0.4) is 0 Å². The van der Waals surface area contributed by atoms with Crippen LogP contribution in [0, 0.1) is 0 Å². The van der Waals surface area contributed by atoms with Gasteiger partial charge in [-0.25, -0.2) is 4.79 Å². The Hall–Kier alpha value is -3.01. The second-order valence-corrected chi connectivity index (χ2v) is 20.2. The van der Waals surface area contributed by atoms with E-state index in [2.05, 4.69) is 74.6 Å². The van der Waals surface area contributed by atoms with Crippen LogP contribution in [0.25, 0.3) is 0 Å². The molecule has 0 bridgehead atoms. The van der Waals surface area contributed by atoms with E-state index in [0.717, 1.165) is 70.6 Å². The summed E-state index contributed by atoms with van der Waals surface area (Å²) in [5.41, 5.74) is 0. The molecule has 2 atom stereocenters. The molecule has 69 heavy (non-hydrogen) atoms. The molecule has 0 aliphatic heterocycles. The number of carboxylic acid groups (broad SMARTS) is 1. The average molecular weight is 972 g/mol. The normalized spacial score (nSPS) is 13.2. The Morgan fingerprint density at radius 1 is 0.449 bits per heavy atom. The highest BCUT2D eigenvalue weighted by molar-refractivity contribution is 5.71. The van der Waals surface area contributed by atoms with Gasteiger partial charge in [0, 0.05) is 12.8 Å². The van der Waals surface area contributed by atoms with Gasteiger partial charge in [0.15, 0.2) is 6.10 Å². The number of hydrogen-bond acceptors (Lipinski definition) is 7. The van der Waals surface area contributed by atoms with Crippen molar-refractivity contribution in [2.24, 2.45) is 0 Å². The number of unbranched alkanes of at least 4 members (excludes halogenated alkanes) is 27. The molecule has 0 aromatic carbocycles. The summed E-state index contributed by atoms with van der Waals surface area (Å²) in [4.78, 5) is 37.4. The second kappa shape index (κ2) is 51.3. The van der Waals surface area contributed by atoms with Crippen LogP contribution in [-0.2, 0) is 33.3 Å². The second-order valence-electron chi connectivity index (χ2n) is 20.2.